The standard InChI is InChI=1S/C24H19N3O3S2/c1-16-3-11-20(12-4-16)31-24(32-21-13-5-17(2)6-14-21)22(15-25)26-23(28)18-7-9-19(10-8-18)27(29)30/h3-14H,1-2H3,(H,26,28). The summed E-state index contributed by atoms with van der Waals surface area (Å²) < 4.78 is 0.621. The third kappa shape index (κ3) is 6.23. The van der Waals surface area contributed by atoms with Gasteiger partial charge in [0.2, 0.25) is 0 Å². The average molecular weight is 462 g/mol. The van der Waals surface area contributed by atoms with Crippen LogP contribution in [0.2, 0.25) is 0 Å². The molecule has 6 nitrogen and oxygen atoms in total. The van der Waals surface area contributed by atoms with E-state index in [1.54, 1.807) is 0 Å². The highest BCUT2D eigenvalue weighted by molar-refractivity contribution is 8.22. The van der Waals surface area contributed by atoms with Gasteiger partial charge in [-0.2, -0.15) is 5.26 Å². The monoisotopic (exact) mass is 461 g/mol. The molecule has 0 unspecified atom stereocenters. The van der Waals surface area contributed by atoms with Crippen LogP contribution in [0.5, 0.6) is 0 Å². The first-order chi connectivity index (χ1) is 15.4. The Morgan fingerprint density at radius 2 is 1.34 bits per heavy atom. The van der Waals surface area contributed by atoms with Crippen molar-refractivity contribution in [1.29, 1.82) is 5.26 Å². The van der Waals surface area contributed by atoms with E-state index < -0.39 is 10.8 Å². The Bertz CT molecular complexity index is 1150. The molecule has 0 aliphatic carbocycles. The first-order valence-corrected chi connectivity index (χ1v) is 11.2. The number of nitriles is 1. The van der Waals surface area contributed by atoms with E-state index in [4.69, 9.17) is 0 Å². The van der Waals surface area contributed by atoms with Gasteiger partial charge in [-0.15, -0.1) is 0 Å². The third-order valence-corrected chi connectivity index (χ3v) is 6.65. The van der Waals surface area contributed by atoms with Crippen molar-refractivity contribution >= 4 is 35.1 Å². The van der Waals surface area contributed by atoms with Crippen molar-refractivity contribution in [3.63, 3.8) is 0 Å². The first kappa shape index (κ1) is 23.1. The fourth-order valence-corrected chi connectivity index (χ4v) is 4.71. The van der Waals surface area contributed by atoms with E-state index in [1.165, 1.54) is 47.8 Å². The molecule has 0 aliphatic rings. The van der Waals surface area contributed by atoms with Crippen molar-refractivity contribution in [1.82, 2.24) is 5.32 Å². The fraction of sp³-hybridized carbons (Fsp3) is 0.0833. The molecule has 0 spiro atoms. The lowest BCUT2D eigenvalue weighted by Gasteiger charge is -2.12. The zero-order valence-corrected chi connectivity index (χ0v) is 19.0. The minimum absolute atomic E-state index is 0.108. The second-order valence-corrected chi connectivity index (χ2v) is 9.29. The van der Waals surface area contributed by atoms with E-state index in [0.29, 0.717) is 4.24 Å². The van der Waals surface area contributed by atoms with E-state index >= 15 is 0 Å². The smallest absolute Gasteiger partial charge is 0.269 e. The fourth-order valence-electron chi connectivity index (χ4n) is 2.59. The summed E-state index contributed by atoms with van der Waals surface area (Å²) >= 11 is 2.78. The van der Waals surface area contributed by atoms with Crippen molar-refractivity contribution in [2.45, 2.75) is 23.6 Å². The van der Waals surface area contributed by atoms with E-state index in [0.717, 1.165) is 20.9 Å². The number of aryl methyl sites for hydroxylation is 2. The van der Waals surface area contributed by atoms with Crippen LogP contribution in [0.25, 0.3) is 0 Å². The Morgan fingerprint density at radius 3 is 1.75 bits per heavy atom. The van der Waals surface area contributed by atoms with Gasteiger partial charge >= 0.3 is 0 Å². The maximum absolute atomic E-state index is 12.7. The molecule has 8 heteroatoms. The molecule has 0 saturated heterocycles. The number of nitrogens with one attached hydrogen (secondary N) is 1. The predicted octanol–water partition coefficient (Wildman–Crippen LogP) is 6.22. The maximum atomic E-state index is 12.7. The summed E-state index contributed by atoms with van der Waals surface area (Å²) in [7, 11) is 0. The Balaban J connectivity index is 1.91. The van der Waals surface area contributed by atoms with Gasteiger partial charge in [0, 0.05) is 27.5 Å². The van der Waals surface area contributed by atoms with Crippen LogP contribution in [0, 0.1) is 35.3 Å². The quantitative estimate of drug-likeness (QED) is 0.194. The third-order valence-electron chi connectivity index (χ3n) is 4.36. The molecule has 0 heterocycles. The Kier molecular flexibility index (Phi) is 7.71. The van der Waals surface area contributed by atoms with Crippen molar-refractivity contribution < 1.29 is 9.72 Å². The van der Waals surface area contributed by atoms with Crippen LogP contribution in [0.4, 0.5) is 5.69 Å². The van der Waals surface area contributed by atoms with Crippen LogP contribution in [0.1, 0.15) is 21.5 Å². The molecule has 0 aliphatic heterocycles. The van der Waals surface area contributed by atoms with E-state index in [1.807, 2.05) is 62.4 Å². The SMILES string of the molecule is Cc1ccc(SC(Sc2ccc(C)cc2)=C(C#N)NC(=O)c2ccc([N+](=O)[O-])cc2)cc1. The molecular formula is C24H19N3O3S2. The van der Waals surface area contributed by atoms with Crippen molar-refractivity contribution in [2.75, 3.05) is 0 Å². The molecule has 3 rings (SSSR count). The zero-order valence-electron chi connectivity index (χ0n) is 17.4. The van der Waals surface area contributed by atoms with Crippen LogP contribution < -0.4 is 5.32 Å². The average Bonchev–Trinajstić information content (AvgIpc) is 2.80. The molecule has 3 aromatic carbocycles. The molecule has 1 N–H and O–H groups in total. The molecule has 0 bridgehead atoms. The highest BCUT2D eigenvalue weighted by Gasteiger charge is 2.16. The lowest BCUT2D eigenvalue weighted by atomic mass is 10.2. The summed E-state index contributed by atoms with van der Waals surface area (Å²) in [6.07, 6.45) is 0. The number of allylic oxidation sites excluding steroid dienone is 1. The largest absolute Gasteiger partial charge is 0.312 e. The van der Waals surface area contributed by atoms with Gasteiger partial charge in [-0.25, -0.2) is 0 Å². The Labute approximate surface area is 194 Å². The second-order valence-electron chi connectivity index (χ2n) is 6.86. The summed E-state index contributed by atoms with van der Waals surface area (Å²) in [5.74, 6) is -0.511. The zero-order chi connectivity index (χ0) is 23.1. The summed E-state index contributed by atoms with van der Waals surface area (Å²) in [5, 5.41) is 23.3. The number of nitro benzene ring substituents is 1. The topological polar surface area (TPSA) is 96.0 Å². The number of carbonyl (C=O) groups excluding carboxylic acids is 1. The van der Waals surface area contributed by atoms with Crippen molar-refractivity contribution in [3.05, 3.63) is 110 Å². The van der Waals surface area contributed by atoms with E-state index in [9.17, 15) is 20.2 Å². The van der Waals surface area contributed by atoms with Crippen LogP contribution in [-0.4, -0.2) is 10.8 Å². The van der Waals surface area contributed by atoms with Crippen LogP contribution in [-0.2, 0) is 0 Å². The van der Waals surface area contributed by atoms with Crippen LogP contribution in [0.15, 0.2) is 92.5 Å². The normalized spacial score (nSPS) is 10.2. The molecule has 160 valence electrons. The van der Waals surface area contributed by atoms with Crippen molar-refractivity contribution in [2.24, 2.45) is 0 Å². The van der Waals surface area contributed by atoms with Crippen molar-refractivity contribution in [3.8, 4) is 6.07 Å². The number of benzene rings is 3. The van der Waals surface area contributed by atoms with Gasteiger partial charge < -0.3 is 5.32 Å². The summed E-state index contributed by atoms with van der Waals surface area (Å²) in [6.45, 7) is 3.99. The maximum Gasteiger partial charge on any atom is 0.269 e. The molecule has 0 fully saturated rings. The number of carbonyl (C=O) groups is 1. The Hall–Kier alpha value is -3.54. The number of rotatable bonds is 7. The number of non-ortho nitro benzene ring substituents is 1. The van der Waals surface area contributed by atoms with Gasteiger partial charge in [-0.3, -0.25) is 14.9 Å². The molecule has 0 radical (unpaired) electrons. The van der Waals surface area contributed by atoms with Gasteiger partial charge in [-0.1, -0.05) is 58.9 Å². The minimum Gasteiger partial charge on any atom is -0.312 e. The lowest BCUT2D eigenvalue weighted by molar-refractivity contribution is -0.384. The summed E-state index contributed by atoms with van der Waals surface area (Å²) in [5.41, 5.74) is 2.48. The molecule has 0 saturated carbocycles. The Morgan fingerprint density at radius 1 is 0.875 bits per heavy atom. The van der Waals surface area contributed by atoms with Gasteiger partial charge in [0.05, 0.1) is 9.16 Å². The van der Waals surface area contributed by atoms with E-state index in [2.05, 4.69) is 11.4 Å². The van der Waals surface area contributed by atoms with Crippen LogP contribution in [0.3, 0.4) is 0 Å². The highest BCUT2D eigenvalue weighted by atomic mass is 32.2. The number of hydrogen-bond acceptors (Lipinski definition) is 6. The lowest BCUT2D eigenvalue weighted by Crippen LogP contribution is -2.22. The highest BCUT2D eigenvalue weighted by Crippen LogP contribution is 2.41. The summed E-state index contributed by atoms with van der Waals surface area (Å²) in [6, 6.07) is 23.1. The first-order valence-electron chi connectivity index (χ1n) is 9.55. The van der Waals surface area contributed by atoms with Gasteiger partial charge in [0.1, 0.15) is 11.8 Å². The number of thioether (sulfide) groups is 2. The minimum atomic E-state index is -0.531. The van der Waals surface area contributed by atoms with Gasteiger partial charge in [0.25, 0.3) is 11.6 Å². The summed E-state index contributed by atoms with van der Waals surface area (Å²) in [4.78, 5) is 24.9. The molecule has 32 heavy (non-hydrogen) atoms. The number of nitro groups is 1. The predicted molar refractivity (Wildman–Crippen MR) is 127 cm³/mol. The van der Waals surface area contributed by atoms with Gasteiger partial charge in [0.15, 0.2) is 0 Å². The molecular weight excluding hydrogens is 442 g/mol. The van der Waals surface area contributed by atoms with Gasteiger partial charge in [-0.05, 0) is 50.2 Å². The van der Waals surface area contributed by atoms with Crippen LogP contribution >= 0.6 is 23.5 Å². The second kappa shape index (κ2) is 10.7. The number of amides is 1. The molecule has 1 amide bonds. The molecule has 0 atom stereocenters. The number of nitrogens with zero attached hydrogens (tertiary/aromatic N) is 2. The molecule has 0 aromatic heterocycles. The van der Waals surface area contributed by atoms with E-state index in [-0.39, 0.29) is 16.9 Å². The number of hydrogen-bond donors (Lipinski definition) is 1. The molecule has 3 aromatic rings.